The third kappa shape index (κ3) is 3.72. The van der Waals surface area contributed by atoms with E-state index in [1.165, 1.54) is 23.9 Å². The first kappa shape index (κ1) is 15.0. The molecular weight excluding hydrogens is 280 g/mol. The van der Waals surface area contributed by atoms with Crippen LogP contribution in [-0.4, -0.2) is 39.2 Å². The van der Waals surface area contributed by atoms with E-state index >= 15 is 0 Å². The monoisotopic (exact) mass is 294 g/mol. The molecule has 18 heavy (non-hydrogen) atoms. The van der Waals surface area contributed by atoms with Crippen molar-refractivity contribution in [3.05, 3.63) is 18.0 Å². The van der Waals surface area contributed by atoms with Crippen molar-refractivity contribution in [2.24, 2.45) is 0 Å². The van der Waals surface area contributed by atoms with Gasteiger partial charge in [0.2, 0.25) is 0 Å². The molecule has 1 aromatic heterocycles. The van der Waals surface area contributed by atoms with Crippen LogP contribution in [0.5, 0.6) is 0 Å². The molecule has 0 saturated heterocycles. The SMILES string of the molecule is CCn1cc(S(=O)(=O)Cl)cc1C(=O)NCCOC. The van der Waals surface area contributed by atoms with Gasteiger partial charge in [0.1, 0.15) is 10.6 Å². The number of carbonyl (C=O) groups excluding carboxylic acids is 1. The number of nitrogens with one attached hydrogen (secondary N) is 1. The van der Waals surface area contributed by atoms with Gasteiger partial charge in [0.25, 0.3) is 15.0 Å². The smallest absolute Gasteiger partial charge is 0.268 e. The van der Waals surface area contributed by atoms with E-state index in [0.29, 0.717) is 19.7 Å². The van der Waals surface area contributed by atoms with Crippen molar-refractivity contribution >= 4 is 25.6 Å². The van der Waals surface area contributed by atoms with Crippen LogP contribution in [0.25, 0.3) is 0 Å². The zero-order valence-corrected chi connectivity index (χ0v) is 11.7. The lowest BCUT2D eigenvalue weighted by atomic mass is 10.4. The second-order valence-electron chi connectivity index (χ2n) is 3.53. The predicted octanol–water partition coefficient (Wildman–Crippen LogP) is 0.812. The van der Waals surface area contributed by atoms with Crippen molar-refractivity contribution in [2.45, 2.75) is 18.4 Å². The summed E-state index contributed by atoms with van der Waals surface area (Å²) < 4.78 is 28.7. The summed E-state index contributed by atoms with van der Waals surface area (Å²) in [6, 6.07) is 1.26. The number of methoxy groups -OCH3 is 1. The number of nitrogens with zero attached hydrogens (tertiary/aromatic N) is 1. The standard InChI is InChI=1S/C10H15ClN2O4S/c1-3-13-7-8(18(11,15)16)6-9(13)10(14)12-4-5-17-2/h6-7H,3-5H2,1-2H3,(H,12,14). The lowest BCUT2D eigenvalue weighted by Crippen LogP contribution is -2.28. The van der Waals surface area contributed by atoms with Crippen LogP contribution in [0.1, 0.15) is 17.4 Å². The van der Waals surface area contributed by atoms with Gasteiger partial charge in [-0.3, -0.25) is 4.79 Å². The molecular formula is C10H15ClN2O4S. The zero-order chi connectivity index (χ0) is 13.8. The van der Waals surface area contributed by atoms with Gasteiger partial charge in [-0.15, -0.1) is 0 Å². The molecule has 0 bridgehead atoms. The van der Waals surface area contributed by atoms with Crippen molar-refractivity contribution in [1.82, 2.24) is 9.88 Å². The number of amides is 1. The Morgan fingerprint density at radius 2 is 2.22 bits per heavy atom. The quantitative estimate of drug-likeness (QED) is 0.622. The van der Waals surface area contributed by atoms with Gasteiger partial charge in [0, 0.05) is 37.1 Å². The molecule has 1 amide bonds. The Balaban J connectivity index is 2.94. The summed E-state index contributed by atoms with van der Waals surface area (Å²) in [7, 11) is 2.94. The number of aryl methyl sites for hydroxylation is 1. The van der Waals surface area contributed by atoms with E-state index in [4.69, 9.17) is 15.4 Å². The van der Waals surface area contributed by atoms with Crippen LogP contribution in [0, 0.1) is 0 Å². The van der Waals surface area contributed by atoms with Crippen molar-refractivity contribution in [2.75, 3.05) is 20.3 Å². The fraction of sp³-hybridized carbons (Fsp3) is 0.500. The maximum Gasteiger partial charge on any atom is 0.268 e. The van der Waals surface area contributed by atoms with Gasteiger partial charge >= 0.3 is 0 Å². The highest BCUT2D eigenvalue weighted by Gasteiger charge is 2.19. The summed E-state index contributed by atoms with van der Waals surface area (Å²) in [6.07, 6.45) is 1.34. The Kier molecular flexibility index (Phi) is 5.18. The molecule has 1 aromatic rings. The predicted molar refractivity (Wildman–Crippen MR) is 67.4 cm³/mol. The minimum absolute atomic E-state index is 0.0806. The Bertz CT molecular complexity index is 524. The fourth-order valence-electron chi connectivity index (χ4n) is 1.43. The number of hydrogen-bond donors (Lipinski definition) is 1. The molecule has 0 aliphatic rings. The molecule has 0 fully saturated rings. The highest BCUT2D eigenvalue weighted by Crippen LogP contribution is 2.18. The van der Waals surface area contributed by atoms with Crippen molar-refractivity contribution in [1.29, 1.82) is 0 Å². The Hall–Kier alpha value is -1.05. The summed E-state index contributed by atoms with van der Waals surface area (Å²) in [5, 5.41) is 2.62. The van der Waals surface area contributed by atoms with E-state index < -0.39 is 9.05 Å². The summed E-state index contributed by atoms with van der Waals surface area (Å²) >= 11 is 0. The lowest BCUT2D eigenvalue weighted by Gasteiger charge is -2.06. The molecule has 8 heteroatoms. The molecule has 0 spiro atoms. The zero-order valence-electron chi connectivity index (χ0n) is 10.1. The van der Waals surface area contributed by atoms with Crippen LogP contribution in [0.3, 0.4) is 0 Å². The van der Waals surface area contributed by atoms with E-state index in [2.05, 4.69) is 5.32 Å². The first-order valence-electron chi connectivity index (χ1n) is 5.32. The third-order valence-corrected chi connectivity index (χ3v) is 3.64. The number of aromatic nitrogens is 1. The van der Waals surface area contributed by atoms with Crippen LogP contribution in [0.4, 0.5) is 0 Å². The minimum atomic E-state index is -3.83. The molecule has 0 atom stereocenters. The van der Waals surface area contributed by atoms with Crippen LogP contribution in [-0.2, 0) is 20.3 Å². The normalized spacial score (nSPS) is 11.5. The maximum atomic E-state index is 11.8. The average molecular weight is 295 g/mol. The average Bonchev–Trinajstić information content (AvgIpc) is 2.72. The number of hydrogen-bond acceptors (Lipinski definition) is 4. The highest BCUT2D eigenvalue weighted by atomic mass is 35.7. The number of halogens is 1. The molecule has 1 heterocycles. The summed E-state index contributed by atoms with van der Waals surface area (Å²) in [6.45, 7) is 3.02. The van der Waals surface area contributed by atoms with Crippen LogP contribution in [0.15, 0.2) is 17.2 Å². The summed E-state index contributed by atoms with van der Waals surface area (Å²) in [5.41, 5.74) is 0.257. The Labute approximate surface area is 110 Å². The minimum Gasteiger partial charge on any atom is -0.383 e. The van der Waals surface area contributed by atoms with Gasteiger partial charge in [-0.05, 0) is 13.0 Å². The molecule has 0 aliphatic heterocycles. The molecule has 102 valence electrons. The van der Waals surface area contributed by atoms with Gasteiger partial charge < -0.3 is 14.6 Å². The van der Waals surface area contributed by atoms with Crippen LogP contribution >= 0.6 is 10.7 Å². The van der Waals surface area contributed by atoms with E-state index in [1.54, 1.807) is 6.92 Å². The summed E-state index contributed by atoms with van der Waals surface area (Å²) in [4.78, 5) is 11.7. The fourth-order valence-corrected chi connectivity index (χ4v) is 2.18. The van der Waals surface area contributed by atoms with Crippen molar-refractivity contribution in [3.63, 3.8) is 0 Å². The largest absolute Gasteiger partial charge is 0.383 e. The van der Waals surface area contributed by atoms with E-state index in [0.717, 1.165) is 0 Å². The van der Waals surface area contributed by atoms with E-state index in [9.17, 15) is 13.2 Å². The Morgan fingerprint density at radius 1 is 1.56 bits per heavy atom. The maximum absolute atomic E-state index is 11.8. The van der Waals surface area contributed by atoms with Gasteiger partial charge in [-0.1, -0.05) is 0 Å². The van der Waals surface area contributed by atoms with Gasteiger partial charge in [0.05, 0.1) is 6.61 Å². The number of rotatable bonds is 6. The van der Waals surface area contributed by atoms with Crippen molar-refractivity contribution in [3.8, 4) is 0 Å². The van der Waals surface area contributed by atoms with Crippen LogP contribution in [0.2, 0.25) is 0 Å². The molecule has 0 unspecified atom stereocenters. The molecule has 0 saturated carbocycles. The first-order valence-corrected chi connectivity index (χ1v) is 7.63. The third-order valence-electron chi connectivity index (χ3n) is 2.32. The highest BCUT2D eigenvalue weighted by molar-refractivity contribution is 8.13. The summed E-state index contributed by atoms with van der Waals surface area (Å²) in [5.74, 6) is -0.361. The first-order chi connectivity index (χ1) is 8.40. The van der Waals surface area contributed by atoms with Crippen LogP contribution < -0.4 is 5.32 Å². The second-order valence-corrected chi connectivity index (χ2v) is 6.10. The molecule has 0 radical (unpaired) electrons. The second kappa shape index (κ2) is 6.21. The van der Waals surface area contributed by atoms with Crippen molar-refractivity contribution < 1.29 is 17.9 Å². The molecule has 0 aliphatic carbocycles. The lowest BCUT2D eigenvalue weighted by molar-refractivity contribution is 0.0928. The molecule has 0 aromatic carbocycles. The van der Waals surface area contributed by atoms with Gasteiger partial charge in [0.15, 0.2) is 0 Å². The molecule has 1 N–H and O–H groups in total. The van der Waals surface area contributed by atoms with E-state index in [-0.39, 0.29) is 16.5 Å². The van der Waals surface area contributed by atoms with Gasteiger partial charge in [-0.2, -0.15) is 0 Å². The van der Waals surface area contributed by atoms with E-state index in [1.807, 2.05) is 0 Å². The number of carbonyl (C=O) groups is 1. The molecule has 1 rings (SSSR count). The Morgan fingerprint density at radius 3 is 2.72 bits per heavy atom. The van der Waals surface area contributed by atoms with Gasteiger partial charge in [-0.25, -0.2) is 8.42 Å². The molecule has 6 nitrogen and oxygen atoms in total. The number of ether oxygens (including phenoxy) is 1. The topological polar surface area (TPSA) is 77.4 Å².